The van der Waals surface area contributed by atoms with Gasteiger partial charge in [-0.25, -0.2) is 4.98 Å². The second-order valence-electron chi connectivity index (χ2n) is 8.74. The highest BCUT2D eigenvalue weighted by Gasteiger charge is 2.26. The number of amides is 1. The van der Waals surface area contributed by atoms with Crippen LogP contribution in [0.25, 0.3) is 16.6 Å². The number of carbonyl (C=O) groups is 1. The second kappa shape index (κ2) is 12.3. The fourth-order valence-corrected chi connectivity index (χ4v) is 4.31. The molecule has 0 aliphatic carbocycles. The van der Waals surface area contributed by atoms with Crippen LogP contribution in [-0.2, 0) is 4.79 Å². The van der Waals surface area contributed by atoms with Crippen molar-refractivity contribution in [2.24, 2.45) is 0 Å². The normalized spacial score (nSPS) is 12.1. The third-order valence-electron chi connectivity index (χ3n) is 6.22. The van der Waals surface area contributed by atoms with Crippen LogP contribution < -0.4 is 5.56 Å². The van der Waals surface area contributed by atoms with Gasteiger partial charge in [-0.15, -0.1) is 0 Å². The molecule has 0 bridgehead atoms. The van der Waals surface area contributed by atoms with Gasteiger partial charge in [-0.1, -0.05) is 76.3 Å². The van der Waals surface area contributed by atoms with Crippen LogP contribution in [0.2, 0.25) is 0 Å². The Hall–Kier alpha value is -2.95. The first-order valence-electron chi connectivity index (χ1n) is 12.4. The molecule has 3 aromatic rings. The number of para-hydroxylation sites is 2. The maximum Gasteiger partial charge on any atom is 0.266 e. The van der Waals surface area contributed by atoms with E-state index < -0.39 is 0 Å². The Labute approximate surface area is 197 Å². The van der Waals surface area contributed by atoms with Crippen LogP contribution in [0.15, 0.2) is 59.4 Å². The zero-order valence-corrected chi connectivity index (χ0v) is 20.3. The van der Waals surface area contributed by atoms with Crippen LogP contribution in [0.4, 0.5) is 0 Å². The monoisotopic (exact) mass is 447 g/mol. The molecule has 3 rings (SSSR count). The Kier molecular flexibility index (Phi) is 9.23. The van der Waals surface area contributed by atoms with Gasteiger partial charge in [0.1, 0.15) is 5.82 Å². The first-order chi connectivity index (χ1) is 16.1. The Balaban J connectivity index is 2.06. The molecule has 0 aliphatic rings. The van der Waals surface area contributed by atoms with Crippen molar-refractivity contribution in [3.8, 4) is 5.69 Å². The molecular formula is C28H37N3O2. The Morgan fingerprint density at radius 1 is 0.909 bits per heavy atom. The molecule has 0 saturated carbocycles. The summed E-state index contributed by atoms with van der Waals surface area (Å²) < 4.78 is 1.69. The highest BCUT2D eigenvalue weighted by atomic mass is 16.2. The van der Waals surface area contributed by atoms with E-state index in [4.69, 9.17) is 4.98 Å². The van der Waals surface area contributed by atoms with Crippen LogP contribution in [0.3, 0.4) is 0 Å². The number of nitrogens with zero attached hydrogens (tertiary/aromatic N) is 3. The summed E-state index contributed by atoms with van der Waals surface area (Å²) in [5, 5.41) is 0.584. The van der Waals surface area contributed by atoms with E-state index in [1.807, 2.05) is 66.4 Å². The van der Waals surface area contributed by atoms with Gasteiger partial charge in [0.2, 0.25) is 5.91 Å². The topological polar surface area (TPSA) is 55.2 Å². The van der Waals surface area contributed by atoms with Crippen molar-refractivity contribution in [1.82, 2.24) is 14.5 Å². The lowest BCUT2D eigenvalue weighted by molar-refractivity contribution is -0.133. The maximum atomic E-state index is 13.6. The summed E-state index contributed by atoms with van der Waals surface area (Å²) in [5.41, 5.74) is 1.34. The minimum atomic E-state index is -0.307. The van der Waals surface area contributed by atoms with Gasteiger partial charge < -0.3 is 4.90 Å². The average molecular weight is 448 g/mol. The van der Waals surface area contributed by atoms with Crippen molar-refractivity contribution in [3.05, 3.63) is 70.8 Å². The molecule has 5 heteroatoms. The summed E-state index contributed by atoms with van der Waals surface area (Å²) in [7, 11) is 0. The number of benzene rings is 2. The van der Waals surface area contributed by atoms with Crippen molar-refractivity contribution in [2.45, 2.75) is 78.2 Å². The molecule has 0 radical (unpaired) electrons. The highest BCUT2D eigenvalue weighted by Crippen LogP contribution is 2.24. The molecule has 1 heterocycles. The van der Waals surface area contributed by atoms with Gasteiger partial charge in [-0.05, 0) is 44.0 Å². The van der Waals surface area contributed by atoms with Crippen LogP contribution in [0, 0.1) is 0 Å². The van der Waals surface area contributed by atoms with E-state index in [0.29, 0.717) is 29.7 Å². The van der Waals surface area contributed by atoms with Crippen LogP contribution in [-0.4, -0.2) is 26.9 Å². The minimum Gasteiger partial charge on any atom is -0.333 e. The molecule has 33 heavy (non-hydrogen) atoms. The quantitative estimate of drug-likeness (QED) is 0.300. The summed E-state index contributed by atoms with van der Waals surface area (Å²) in [5.74, 6) is 0.763. The molecule has 1 atom stereocenters. The molecule has 0 N–H and O–H groups in total. The zero-order valence-electron chi connectivity index (χ0n) is 20.3. The third kappa shape index (κ3) is 6.10. The maximum absolute atomic E-state index is 13.6. The predicted octanol–water partition coefficient (Wildman–Crippen LogP) is 6.44. The van der Waals surface area contributed by atoms with Gasteiger partial charge in [-0.2, -0.15) is 0 Å². The van der Waals surface area contributed by atoms with Gasteiger partial charge in [-0.3, -0.25) is 14.2 Å². The van der Waals surface area contributed by atoms with Crippen LogP contribution in [0.1, 0.15) is 84.0 Å². The Bertz CT molecular complexity index is 1090. The fraction of sp³-hybridized carbons (Fsp3) is 0.464. The summed E-state index contributed by atoms with van der Waals surface area (Å²) in [6.45, 7) is 7.03. The summed E-state index contributed by atoms with van der Waals surface area (Å²) in [4.78, 5) is 33.8. The van der Waals surface area contributed by atoms with Crippen molar-refractivity contribution in [1.29, 1.82) is 0 Å². The highest BCUT2D eigenvalue weighted by molar-refractivity contribution is 5.79. The van der Waals surface area contributed by atoms with Gasteiger partial charge in [0.05, 0.1) is 22.6 Å². The number of fused-ring (bicyclic) bond motifs is 1. The molecule has 176 valence electrons. The fourth-order valence-electron chi connectivity index (χ4n) is 4.31. The summed E-state index contributed by atoms with van der Waals surface area (Å²) in [6, 6.07) is 16.8. The number of hydrogen-bond acceptors (Lipinski definition) is 3. The lowest BCUT2D eigenvalue weighted by atomic mass is 10.1. The van der Waals surface area contributed by atoms with E-state index in [9.17, 15) is 9.59 Å². The minimum absolute atomic E-state index is 0.0991. The number of aromatic nitrogens is 2. The largest absolute Gasteiger partial charge is 0.333 e. The summed E-state index contributed by atoms with van der Waals surface area (Å²) in [6.07, 6.45) is 7.93. The van der Waals surface area contributed by atoms with E-state index in [-0.39, 0.29) is 17.5 Å². The zero-order chi connectivity index (χ0) is 23.6. The van der Waals surface area contributed by atoms with E-state index in [1.54, 1.807) is 4.57 Å². The Morgan fingerprint density at radius 2 is 1.58 bits per heavy atom. The first-order valence-corrected chi connectivity index (χ1v) is 12.4. The standard InChI is InChI=1S/C28H37N3O2/c1-4-6-8-15-21-30(26(32)20-10-7-5-2)22(3)27-29-25-19-14-13-18-24(25)28(33)31(27)23-16-11-9-12-17-23/h9,11-14,16-19,22H,4-8,10,15,20-21H2,1-3H3. The van der Waals surface area contributed by atoms with Crippen molar-refractivity contribution in [3.63, 3.8) is 0 Å². The van der Waals surface area contributed by atoms with E-state index in [2.05, 4.69) is 13.8 Å². The SMILES string of the molecule is CCCCCCN(C(=O)CCCCC)C(C)c1nc2ccccc2c(=O)n1-c1ccccc1. The molecule has 0 fully saturated rings. The van der Waals surface area contributed by atoms with Crippen molar-refractivity contribution < 1.29 is 4.79 Å². The molecule has 0 aliphatic heterocycles. The molecular weight excluding hydrogens is 410 g/mol. The Morgan fingerprint density at radius 3 is 2.30 bits per heavy atom. The number of carbonyl (C=O) groups excluding carboxylic acids is 1. The lowest BCUT2D eigenvalue weighted by Gasteiger charge is -2.31. The average Bonchev–Trinajstić information content (AvgIpc) is 2.84. The van der Waals surface area contributed by atoms with E-state index in [1.165, 1.54) is 0 Å². The van der Waals surface area contributed by atoms with Gasteiger partial charge in [0.15, 0.2) is 0 Å². The summed E-state index contributed by atoms with van der Waals surface area (Å²) >= 11 is 0. The molecule has 1 unspecified atom stereocenters. The smallest absolute Gasteiger partial charge is 0.266 e. The second-order valence-corrected chi connectivity index (χ2v) is 8.74. The number of rotatable bonds is 12. The molecule has 1 amide bonds. The van der Waals surface area contributed by atoms with Gasteiger partial charge >= 0.3 is 0 Å². The third-order valence-corrected chi connectivity index (χ3v) is 6.22. The van der Waals surface area contributed by atoms with Crippen LogP contribution in [0.5, 0.6) is 0 Å². The molecule has 5 nitrogen and oxygen atoms in total. The van der Waals surface area contributed by atoms with Gasteiger partial charge in [0, 0.05) is 13.0 Å². The van der Waals surface area contributed by atoms with E-state index in [0.717, 1.165) is 50.6 Å². The molecule has 1 aromatic heterocycles. The van der Waals surface area contributed by atoms with Crippen molar-refractivity contribution >= 4 is 16.8 Å². The number of hydrogen-bond donors (Lipinski definition) is 0. The predicted molar refractivity (Wildman–Crippen MR) is 136 cm³/mol. The van der Waals surface area contributed by atoms with Gasteiger partial charge in [0.25, 0.3) is 5.56 Å². The molecule has 0 saturated heterocycles. The number of unbranched alkanes of at least 4 members (excludes halogenated alkanes) is 5. The van der Waals surface area contributed by atoms with Crippen LogP contribution >= 0.6 is 0 Å². The molecule has 0 spiro atoms. The molecule has 2 aromatic carbocycles. The van der Waals surface area contributed by atoms with Crippen molar-refractivity contribution in [2.75, 3.05) is 6.54 Å². The lowest BCUT2D eigenvalue weighted by Crippen LogP contribution is -2.38. The first kappa shape index (κ1) is 24.7. The van der Waals surface area contributed by atoms with E-state index >= 15 is 0 Å².